The quantitative estimate of drug-likeness (QED) is 0.443. The summed E-state index contributed by atoms with van der Waals surface area (Å²) in [6, 6.07) is 23.4. The zero-order chi connectivity index (χ0) is 18.6. The molecule has 4 rings (SSSR count). The molecule has 0 aliphatic heterocycles. The number of fused-ring (bicyclic) bond motifs is 1. The average molecular weight is 376 g/mol. The van der Waals surface area contributed by atoms with E-state index in [0.29, 0.717) is 17.5 Å². The van der Waals surface area contributed by atoms with Gasteiger partial charge in [-0.3, -0.25) is 4.21 Å². The van der Waals surface area contributed by atoms with E-state index in [0.717, 1.165) is 33.5 Å². The minimum absolute atomic E-state index is 0.382. The normalized spacial score (nSPS) is 12.1. The van der Waals surface area contributed by atoms with Crippen molar-refractivity contribution in [2.45, 2.75) is 17.5 Å². The summed E-state index contributed by atoms with van der Waals surface area (Å²) < 4.78 is 12.8. The van der Waals surface area contributed by atoms with Crippen molar-refractivity contribution in [1.82, 2.24) is 9.97 Å². The molecule has 0 saturated heterocycles. The Hall–Kier alpha value is -3.12. The van der Waals surface area contributed by atoms with E-state index < -0.39 is 10.8 Å². The number of aromatic amines is 1. The molecular formula is C21H20N4OS. The van der Waals surface area contributed by atoms with E-state index in [4.69, 9.17) is 5.73 Å². The maximum atomic E-state index is 12.8. The number of nitrogens with zero attached hydrogens (tertiary/aromatic N) is 1. The van der Waals surface area contributed by atoms with Gasteiger partial charge in [0, 0.05) is 17.9 Å². The standard InChI is InChI=1S/C21H20N4OS/c22-17-9-3-1-7-15(17)13-23-18-10-4-2-8-16(18)14-27(26)21-24-19-11-5-6-12-20(19)25-21/h1-12,23H,13-14,22H2,(H,24,25)/t27-/m1/s1. The molecule has 0 bridgehead atoms. The zero-order valence-electron chi connectivity index (χ0n) is 14.7. The maximum Gasteiger partial charge on any atom is 0.197 e. The maximum absolute atomic E-state index is 12.8. The zero-order valence-corrected chi connectivity index (χ0v) is 15.5. The molecule has 0 spiro atoms. The first-order valence-electron chi connectivity index (χ1n) is 8.69. The lowest BCUT2D eigenvalue weighted by atomic mass is 10.1. The Morgan fingerprint density at radius 2 is 1.63 bits per heavy atom. The number of nitrogen functional groups attached to an aromatic ring is 1. The monoisotopic (exact) mass is 376 g/mol. The van der Waals surface area contributed by atoms with Crippen molar-refractivity contribution in [1.29, 1.82) is 0 Å². The number of benzene rings is 3. The Morgan fingerprint density at radius 3 is 2.44 bits per heavy atom. The van der Waals surface area contributed by atoms with Crippen molar-refractivity contribution in [2.75, 3.05) is 11.1 Å². The lowest BCUT2D eigenvalue weighted by Crippen LogP contribution is -2.06. The number of imidazole rings is 1. The van der Waals surface area contributed by atoms with E-state index in [-0.39, 0.29) is 0 Å². The summed E-state index contributed by atoms with van der Waals surface area (Å²) in [6.45, 7) is 0.612. The number of nitrogens with two attached hydrogens (primary N) is 1. The summed E-state index contributed by atoms with van der Waals surface area (Å²) in [5, 5.41) is 3.91. The Labute approximate surface area is 160 Å². The number of para-hydroxylation sites is 4. The van der Waals surface area contributed by atoms with Gasteiger partial charge in [-0.25, -0.2) is 4.98 Å². The lowest BCUT2D eigenvalue weighted by molar-refractivity contribution is 0.677. The molecule has 3 aromatic carbocycles. The van der Waals surface area contributed by atoms with Gasteiger partial charge >= 0.3 is 0 Å². The van der Waals surface area contributed by atoms with Crippen LogP contribution in [0.5, 0.6) is 0 Å². The van der Waals surface area contributed by atoms with E-state index in [1.54, 1.807) is 0 Å². The summed E-state index contributed by atoms with van der Waals surface area (Å²) in [4.78, 5) is 7.60. The van der Waals surface area contributed by atoms with Gasteiger partial charge in [0.2, 0.25) is 0 Å². The van der Waals surface area contributed by atoms with Gasteiger partial charge in [-0.2, -0.15) is 0 Å². The molecule has 4 aromatic rings. The van der Waals surface area contributed by atoms with Gasteiger partial charge in [-0.1, -0.05) is 48.5 Å². The van der Waals surface area contributed by atoms with Gasteiger partial charge in [0.15, 0.2) is 5.16 Å². The average Bonchev–Trinajstić information content (AvgIpc) is 3.13. The number of aromatic nitrogens is 2. The Kier molecular flexibility index (Phi) is 4.89. The molecule has 0 unspecified atom stereocenters. The predicted molar refractivity (Wildman–Crippen MR) is 111 cm³/mol. The highest BCUT2D eigenvalue weighted by Crippen LogP contribution is 2.22. The molecule has 1 aromatic heterocycles. The van der Waals surface area contributed by atoms with Crippen LogP contribution in [0.1, 0.15) is 11.1 Å². The highest BCUT2D eigenvalue weighted by atomic mass is 32.2. The van der Waals surface area contributed by atoms with Gasteiger partial charge in [0.25, 0.3) is 0 Å². The Morgan fingerprint density at radius 1 is 0.926 bits per heavy atom. The number of nitrogens with one attached hydrogen (secondary N) is 2. The van der Waals surface area contributed by atoms with Crippen LogP contribution < -0.4 is 11.1 Å². The van der Waals surface area contributed by atoms with Gasteiger partial charge in [-0.05, 0) is 35.4 Å². The van der Waals surface area contributed by atoms with E-state index in [1.165, 1.54) is 0 Å². The third kappa shape index (κ3) is 3.85. The minimum atomic E-state index is -1.26. The summed E-state index contributed by atoms with van der Waals surface area (Å²) in [6.07, 6.45) is 0. The molecule has 0 fully saturated rings. The highest BCUT2D eigenvalue weighted by molar-refractivity contribution is 7.84. The largest absolute Gasteiger partial charge is 0.398 e. The SMILES string of the molecule is Nc1ccccc1CNc1ccccc1C[S@@](=O)c1nc2ccccc2[nH]1. The van der Waals surface area contributed by atoms with Crippen molar-refractivity contribution in [3.05, 3.63) is 83.9 Å². The summed E-state index contributed by atoms with van der Waals surface area (Å²) in [7, 11) is -1.26. The Balaban J connectivity index is 1.52. The molecule has 0 aliphatic carbocycles. The molecule has 0 saturated carbocycles. The molecule has 1 atom stereocenters. The third-order valence-corrected chi connectivity index (χ3v) is 5.61. The summed E-state index contributed by atoms with van der Waals surface area (Å²) in [5.41, 5.74) is 11.5. The van der Waals surface area contributed by atoms with Crippen molar-refractivity contribution >= 4 is 33.2 Å². The molecule has 0 aliphatic rings. The fourth-order valence-corrected chi connectivity index (χ4v) is 4.05. The molecule has 136 valence electrons. The Bertz CT molecular complexity index is 1070. The number of hydrogen-bond donors (Lipinski definition) is 3. The molecule has 4 N–H and O–H groups in total. The first kappa shape index (κ1) is 17.3. The van der Waals surface area contributed by atoms with Crippen molar-refractivity contribution in [2.24, 2.45) is 0 Å². The molecular weight excluding hydrogens is 356 g/mol. The van der Waals surface area contributed by atoms with Gasteiger partial charge < -0.3 is 16.0 Å². The topological polar surface area (TPSA) is 83.8 Å². The first-order chi connectivity index (χ1) is 13.2. The molecule has 0 amide bonds. The van der Waals surface area contributed by atoms with Gasteiger partial charge in [0.05, 0.1) is 27.6 Å². The van der Waals surface area contributed by atoms with E-state index in [1.807, 2.05) is 72.8 Å². The summed E-state index contributed by atoms with van der Waals surface area (Å²) >= 11 is 0. The second-order valence-corrected chi connectivity index (χ2v) is 7.62. The number of rotatable bonds is 6. The van der Waals surface area contributed by atoms with Crippen LogP contribution in [0, 0.1) is 0 Å². The second-order valence-electron chi connectivity index (χ2n) is 6.26. The highest BCUT2D eigenvalue weighted by Gasteiger charge is 2.13. The van der Waals surface area contributed by atoms with Crippen LogP contribution in [-0.4, -0.2) is 14.2 Å². The fraction of sp³-hybridized carbons (Fsp3) is 0.0952. The number of anilines is 2. The number of hydrogen-bond acceptors (Lipinski definition) is 4. The van der Waals surface area contributed by atoms with Crippen LogP contribution in [0.4, 0.5) is 11.4 Å². The van der Waals surface area contributed by atoms with E-state index in [9.17, 15) is 4.21 Å². The summed E-state index contributed by atoms with van der Waals surface area (Å²) in [5.74, 6) is 0.382. The van der Waals surface area contributed by atoms with Gasteiger partial charge in [0.1, 0.15) is 0 Å². The lowest BCUT2D eigenvalue weighted by Gasteiger charge is -2.12. The molecule has 1 heterocycles. The molecule has 6 heteroatoms. The van der Waals surface area contributed by atoms with Crippen molar-refractivity contribution < 1.29 is 4.21 Å². The van der Waals surface area contributed by atoms with Crippen LogP contribution in [0.25, 0.3) is 11.0 Å². The van der Waals surface area contributed by atoms with Crippen LogP contribution in [0.2, 0.25) is 0 Å². The predicted octanol–water partition coefficient (Wildman–Crippen LogP) is 4.07. The fourth-order valence-electron chi connectivity index (χ4n) is 2.95. The third-order valence-electron chi connectivity index (χ3n) is 4.41. The van der Waals surface area contributed by atoms with Crippen LogP contribution in [0.15, 0.2) is 78.0 Å². The van der Waals surface area contributed by atoms with E-state index >= 15 is 0 Å². The molecule has 27 heavy (non-hydrogen) atoms. The molecule has 5 nitrogen and oxygen atoms in total. The number of H-pyrrole nitrogens is 1. The smallest absolute Gasteiger partial charge is 0.197 e. The second kappa shape index (κ2) is 7.63. The molecule has 0 radical (unpaired) electrons. The first-order valence-corrected chi connectivity index (χ1v) is 10.0. The van der Waals surface area contributed by atoms with E-state index in [2.05, 4.69) is 15.3 Å². The van der Waals surface area contributed by atoms with Crippen LogP contribution in [-0.2, 0) is 23.1 Å². The van der Waals surface area contributed by atoms with Crippen LogP contribution in [0.3, 0.4) is 0 Å². The van der Waals surface area contributed by atoms with Crippen molar-refractivity contribution in [3.63, 3.8) is 0 Å². The minimum Gasteiger partial charge on any atom is -0.398 e. The van der Waals surface area contributed by atoms with Crippen LogP contribution >= 0.6 is 0 Å². The van der Waals surface area contributed by atoms with Gasteiger partial charge in [-0.15, -0.1) is 0 Å². The van der Waals surface area contributed by atoms with Crippen molar-refractivity contribution in [3.8, 4) is 0 Å².